The topological polar surface area (TPSA) is 55.7 Å². The lowest BCUT2D eigenvalue weighted by Gasteiger charge is -2.07. The molecule has 0 saturated heterocycles. The Morgan fingerprint density at radius 1 is 1.20 bits per heavy atom. The highest BCUT2D eigenvalue weighted by atomic mass is 16.5. The normalized spacial score (nSPS) is 12.9. The van der Waals surface area contributed by atoms with Gasteiger partial charge in [-0.05, 0) is 38.0 Å². The predicted molar refractivity (Wildman–Crippen MR) is 79.4 cm³/mol. The van der Waals surface area contributed by atoms with Gasteiger partial charge in [0.25, 0.3) is 0 Å². The third-order valence-electron chi connectivity index (χ3n) is 3.32. The molecule has 4 heteroatoms. The van der Waals surface area contributed by atoms with E-state index >= 15 is 0 Å². The first-order valence-corrected chi connectivity index (χ1v) is 6.65. The van der Waals surface area contributed by atoms with Crippen molar-refractivity contribution in [2.75, 3.05) is 7.11 Å². The van der Waals surface area contributed by atoms with E-state index in [1.165, 1.54) is 7.11 Å². The van der Waals surface area contributed by atoms with Crippen LogP contribution in [0.3, 0.4) is 0 Å². The van der Waals surface area contributed by atoms with Gasteiger partial charge in [0.05, 0.1) is 18.7 Å². The fourth-order valence-corrected chi connectivity index (χ4v) is 1.68. The van der Waals surface area contributed by atoms with E-state index in [-0.39, 0.29) is 17.7 Å². The van der Waals surface area contributed by atoms with Gasteiger partial charge in [-0.3, -0.25) is 14.6 Å². The molecule has 20 heavy (non-hydrogen) atoms. The molecule has 0 radical (unpaired) electrons. The van der Waals surface area contributed by atoms with Crippen LogP contribution < -0.4 is 0 Å². The molecule has 0 aromatic heterocycles. The molecule has 0 bridgehead atoms. The Kier molecular flexibility index (Phi) is 6.10. The van der Waals surface area contributed by atoms with Crippen molar-refractivity contribution in [2.24, 2.45) is 10.9 Å². The molecule has 0 heterocycles. The highest BCUT2D eigenvalue weighted by Gasteiger charge is 2.10. The van der Waals surface area contributed by atoms with Gasteiger partial charge < -0.3 is 4.74 Å². The molecule has 0 N–H and O–H groups in total. The molecule has 0 spiro atoms. The fraction of sp³-hybridized carbons (Fsp3) is 0.438. The maximum atomic E-state index is 11.3. The second-order valence-corrected chi connectivity index (χ2v) is 4.83. The summed E-state index contributed by atoms with van der Waals surface area (Å²) in [6.07, 6.45) is 1.03. The lowest BCUT2D eigenvalue weighted by molar-refractivity contribution is -0.140. The van der Waals surface area contributed by atoms with Crippen LogP contribution in [-0.2, 0) is 20.7 Å². The molecular formula is C16H21NO3. The van der Waals surface area contributed by atoms with Crippen LogP contribution in [0.1, 0.15) is 32.8 Å². The molecule has 1 rings (SSSR count). The molecule has 1 unspecified atom stereocenters. The minimum Gasteiger partial charge on any atom is -0.469 e. The summed E-state index contributed by atoms with van der Waals surface area (Å²) in [5.41, 5.74) is 2.68. The summed E-state index contributed by atoms with van der Waals surface area (Å²) in [5.74, 6) is -0.256. The Morgan fingerprint density at radius 3 is 2.30 bits per heavy atom. The first kappa shape index (κ1) is 16.1. The first-order chi connectivity index (χ1) is 9.43. The Labute approximate surface area is 119 Å². The molecule has 1 atom stereocenters. The molecule has 1 aromatic rings. The van der Waals surface area contributed by atoms with E-state index in [1.54, 1.807) is 6.92 Å². The zero-order chi connectivity index (χ0) is 15.1. The summed E-state index contributed by atoms with van der Waals surface area (Å²) >= 11 is 0. The molecule has 0 saturated carbocycles. The molecule has 0 aliphatic rings. The number of benzene rings is 1. The maximum absolute atomic E-state index is 11.3. The van der Waals surface area contributed by atoms with Crippen molar-refractivity contribution in [3.05, 3.63) is 29.8 Å². The number of hydrogen-bond acceptors (Lipinski definition) is 4. The van der Waals surface area contributed by atoms with E-state index < -0.39 is 0 Å². The Balaban J connectivity index is 2.69. The van der Waals surface area contributed by atoms with E-state index in [4.69, 9.17) is 0 Å². The Morgan fingerprint density at radius 2 is 1.80 bits per heavy atom. The van der Waals surface area contributed by atoms with E-state index in [1.807, 2.05) is 38.1 Å². The average Bonchev–Trinajstić information content (AvgIpc) is 2.45. The SMILES string of the molecule is COC(=O)CCc1ccc(N=C(C)C(C)C(C)=O)cc1. The van der Waals surface area contributed by atoms with Crippen LogP contribution in [-0.4, -0.2) is 24.6 Å². The Hall–Kier alpha value is -1.97. The number of ether oxygens (including phenoxy) is 1. The van der Waals surface area contributed by atoms with E-state index in [9.17, 15) is 9.59 Å². The molecule has 4 nitrogen and oxygen atoms in total. The van der Waals surface area contributed by atoms with Crippen molar-refractivity contribution in [3.8, 4) is 0 Å². The van der Waals surface area contributed by atoms with Gasteiger partial charge in [-0.15, -0.1) is 0 Å². The van der Waals surface area contributed by atoms with Crippen molar-refractivity contribution in [3.63, 3.8) is 0 Å². The summed E-state index contributed by atoms with van der Waals surface area (Å²) in [7, 11) is 1.39. The van der Waals surface area contributed by atoms with Gasteiger partial charge in [0.2, 0.25) is 0 Å². The van der Waals surface area contributed by atoms with E-state index in [2.05, 4.69) is 9.73 Å². The van der Waals surface area contributed by atoms with Crippen molar-refractivity contribution in [2.45, 2.75) is 33.6 Å². The van der Waals surface area contributed by atoms with Crippen molar-refractivity contribution in [1.82, 2.24) is 0 Å². The monoisotopic (exact) mass is 275 g/mol. The quantitative estimate of drug-likeness (QED) is 0.592. The second-order valence-electron chi connectivity index (χ2n) is 4.83. The van der Waals surface area contributed by atoms with Gasteiger partial charge in [-0.25, -0.2) is 0 Å². The maximum Gasteiger partial charge on any atom is 0.305 e. The number of ketones is 1. The smallest absolute Gasteiger partial charge is 0.305 e. The number of carbonyl (C=O) groups is 2. The third kappa shape index (κ3) is 4.96. The summed E-state index contributed by atoms with van der Waals surface area (Å²) in [6.45, 7) is 5.28. The highest BCUT2D eigenvalue weighted by molar-refractivity contribution is 6.03. The molecule has 108 valence electrons. The number of aryl methyl sites for hydroxylation is 1. The minimum absolute atomic E-state index is 0.112. The number of esters is 1. The highest BCUT2D eigenvalue weighted by Crippen LogP contribution is 2.16. The van der Waals surface area contributed by atoms with Crippen LogP contribution in [0.4, 0.5) is 5.69 Å². The zero-order valence-electron chi connectivity index (χ0n) is 12.5. The lowest BCUT2D eigenvalue weighted by atomic mass is 10.0. The van der Waals surface area contributed by atoms with Gasteiger partial charge in [0, 0.05) is 12.1 Å². The first-order valence-electron chi connectivity index (χ1n) is 6.65. The van der Waals surface area contributed by atoms with E-state index in [0.717, 1.165) is 17.0 Å². The number of nitrogens with zero attached hydrogens (tertiary/aromatic N) is 1. The summed E-state index contributed by atoms with van der Waals surface area (Å²) in [5, 5.41) is 0. The largest absolute Gasteiger partial charge is 0.469 e. The van der Waals surface area contributed by atoms with Crippen LogP contribution >= 0.6 is 0 Å². The van der Waals surface area contributed by atoms with E-state index in [0.29, 0.717) is 12.8 Å². The van der Waals surface area contributed by atoms with Crippen LogP contribution in [0.5, 0.6) is 0 Å². The fourth-order valence-electron chi connectivity index (χ4n) is 1.68. The third-order valence-corrected chi connectivity index (χ3v) is 3.32. The summed E-state index contributed by atoms with van der Waals surface area (Å²) in [6, 6.07) is 7.66. The van der Waals surface area contributed by atoms with Gasteiger partial charge >= 0.3 is 5.97 Å². The van der Waals surface area contributed by atoms with Crippen molar-refractivity contribution >= 4 is 23.2 Å². The van der Waals surface area contributed by atoms with Gasteiger partial charge in [0.1, 0.15) is 5.78 Å². The zero-order valence-corrected chi connectivity index (χ0v) is 12.5. The number of hydrogen-bond donors (Lipinski definition) is 0. The van der Waals surface area contributed by atoms with Crippen LogP contribution in [0.15, 0.2) is 29.3 Å². The molecule has 0 aliphatic carbocycles. The van der Waals surface area contributed by atoms with Gasteiger partial charge in [0.15, 0.2) is 0 Å². The lowest BCUT2D eigenvalue weighted by Crippen LogP contribution is -2.15. The number of aliphatic imine (C=N–C) groups is 1. The van der Waals surface area contributed by atoms with Crippen molar-refractivity contribution < 1.29 is 14.3 Å². The average molecular weight is 275 g/mol. The van der Waals surface area contributed by atoms with Crippen LogP contribution in [0.25, 0.3) is 0 Å². The summed E-state index contributed by atoms with van der Waals surface area (Å²) in [4.78, 5) is 26.8. The van der Waals surface area contributed by atoms with Gasteiger partial charge in [-0.1, -0.05) is 19.1 Å². The standard InChI is InChI=1S/C16H21NO3/c1-11(13(3)18)12(2)17-15-8-5-14(6-9-15)7-10-16(19)20-4/h5-6,8-9,11H,7,10H2,1-4H3. The minimum atomic E-state index is -0.210. The molecule has 0 fully saturated rings. The van der Waals surface area contributed by atoms with Crippen LogP contribution in [0.2, 0.25) is 0 Å². The molecule has 0 aliphatic heterocycles. The second kappa shape index (κ2) is 7.58. The summed E-state index contributed by atoms with van der Waals surface area (Å²) < 4.78 is 4.60. The Bertz CT molecular complexity index is 503. The molecular weight excluding hydrogens is 254 g/mol. The van der Waals surface area contributed by atoms with Gasteiger partial charge in [-0.2, -0.15) is 0 Å². The molecule has 0 amide bonds. The number of methoxy groups -OCH3 is 1. The van der Waals surface area contributed by atoms with Crippen molar-refractivity contribution in [1.29, 1.82) is 0 Å². The number of Topliss-reactive ketones (excluding diaryl/α,β-unsaturated/α-hetero) is 1. The molecule has 1 aromatic carbocycles. The number of carbonyl (C=O) groups excluding carboxylic acids is 2. The van der Waals surface area contributed by atoms with Crippen LogP contribution in [0, 0.1) is 5.92 Å². The number of rotatable bonds is 6. The predicted octanol–water partition coefficient (Wildman–Crippen LogP) is 3.11.